The number of hydrogen-bond acceptors (Lipinski definition) is 6. The predicted molar refractivity (Wildman–Crippen MR) is 74.1 cm³/mol. The van der Waals surface area contributed by atoms with Gasteiger partial charge in [0.2, 0.25) is 0 Å². The minimum Gasteiger partial charge on any atom is -0.478 e. The van der Waals surface area contributed by atoms with E-state index in [1.54, 1.807) is 12.6 Å². The van der Waals surface area contributed by atoms with E-state index in [-0.39, 0.29) is 11.6 Å². The lowest BCUT2D eigenvalue weighted by Gasteiger charge is -2.27. The van der Waals surface area contributed by atoms with Gasteiger partial charge in [0.05, 0.1) is 17.8 Å². The molecule has 0 spiro atoms. The van der Waals surface area contributed by atoms with Gasteiger partial charge in [0, 0.05) is 26.4 Å². The zero-order valence-corrected chi connectivity index (χ0v) is 11.8. The van der Waals surface area contributed by atoms with E-state index >= 15 is 0 Å². The van der Waals surface area contributed by atoms with Gasteiger partial charge in [-0.05, 0) is 6.92 Å². The number of pyridine rings is 1. The number of anilines is 1. The largest absolute Gasteiger partial charge is 0.478 e. The molecule has 2 rings (SSSR count). The van der Waals surface area contributed by atoms with E-state index in [1.165, 1.54) is 17.5 Å². The van der Waals surface area contributed by atoms with Gasteiger partial charge in [-0.2, -0.15) is 0 Å². The number of hydrogen-bond donors (Lipinski definition) is 1. The van der Waals surface area contributed by atoms with Crippen molar-refractivity contribution in [3.8, 4) is 0 Å². The quantitative estimate of drug-likeness (QED) is 0.901. The second-order valence-electron chi connectivity index (χ2n) is 4.25. The van der Waals surface area contributed by atoms with Crippen LogP contribution in [0.5, 0.6) is 0 Å². The summed E-state index contributed by atoms with van der Waals surface area (Å²) in [7, 11) is 3.46. The fourth-order valence-corrected chi connectivity index (χ4v) is 2.53. The summed E-state index contributed by atoms with van der Waals surface area (Å²) in [6.45, 7) is 2.47. The van der Waals surface area contributed by atoms with Crippen LogP contribution >= 0.6 is 11.3 Å². The number of aromatic nitrogens is 2. The summed E-state index contributed by atoms with van der Waals surface area (Å²) in [5.74, 6) is -1.01. The van der Waals surface area contributed by atoms with Crippen molar-refractivity contribution in [2.24, 2.45) is 0 Å². The molecule has 0 aliphatic carbocycles. The molecule has 102 valence electrons. The van der Waals surface area contributed by atoms with Gasteiger partial charge in [-0.3, -0.25) is 0 Å². The van der Waals surface area contributed by atoms with Crippen LogP contribution in [-0.2, 0) is 4.74 Å². The van der Waals surface area contributed by atoms with Crippen LogP contribution in [0.3, 0.4) is 0 Å². The molecule has 1 N–H and O–H groups in total. The highest BCUT2D eigenvalue weighted by atomic mass is 32.1. The molecular weight excluding hydrogens is 266 g/mol. The molecule has 0 aromatic carbocycles. The average molecular weight is 281 g/mol. The second-order valence-corrected chi connectivity index (χ2v) is 5.08. The molecule has 1 atom stereocenters. The first-order chi connectivity index (χ1) is 9.06. The zero-order chi connectivity index (χ0) is 14.0. The lowest BCUT2D eigenvalue weighted by atomic mass is 10.1. The van der Waals surface area contributed by atoms with Crippen molar-refractivity contribution < 1.29 is 14.6 Å². The highest BCUT2D eigenvalue weighted by Crippen LogP contribution is 2.30. The number of methoxy groups -OCH3 is 1. The molecule has 19 heavy (non-hydrogen) atoms. The molecule has 0 saturated carbocycles. The Morgan fingerprint density at radius 1 is 1.58 bits per heavy atom. The average Bonchev–Trinajstić information content (AvgIpc) is 2.84. The van der Waals surface area contributed by atoms with Crippen molar-refractivity contribution >= 4 is 33.3 Å². The van der Waals surface area contributed by atoms with E-state index in [1.807, 2.05) is 18.9 Å². The monoisotopic (exact) mass is 281 g/mol. The Bertz CT molecular complexity index is 599. The van der Waals surface area contributed by atoms with Crippen molar-refractivity contribution in [1.82, 2.24) is 9.97 Å². The molecule has 0 amide bonds. The molecule has 2 heterocycles. The fourth-order valence-electron chi connectivity index (χ4n) is 1.89. The van der Waals surface area contributed by atoms with Crippen molar-refractivity contribution in [1.29, 1.82) is 0 Å². The fraction of sp³-hybridized carbons (Fsp3) is 0.417. The molecule has 7 heteroatoms. The van der Waals surface area contributed by atoms with E-state index in [2.05, 4.69) is 9.97 Å². The van der Waals surface area contributed by atoms with Crippen molar-refractivity contribution in [2.45, 2.75) is 13.0 Å². The summed E-state index contributed by atoms with van der Waals surface area (Å²) in [6, 6.07) is 0.0374. The number of carbonyl (C=O) groups is 1. The third-order valence-electron chi connectivity index (χ3n) is 2.99. The van der Waals surface area contributed by atoms with Crippen molar-refractivity contribution in [3.63, 3.8) is 0 Å². The molecule has 0 aliphatic rings. The number of likely N-dealkylation sites (N-methyl/N-ethyl adjacent to an activating group) is 1. The summed E-state index contributed by atoms with van der Waals surface area (Å²) >= 11 is 1.39. The summed E-state index contributed by atoms with van der Waals surface area (Å²) in [6.07, 6.45) is 1.38. The SMILES string of the molecule is COCC(C)N(C)c1c(C(=O)O)cnc2scnc12. The number of ether oxygens (including phenoxy) is 1. The number of thiazole rings is 1. The van der Waals surface area contributed by atoms with Crippen LogP contribution in [0.15, 0.2) is 11.7 Å². The highest BCUT2D eigenvalue weighted by Gasteiger charge is 2.22. The molecule has 6 nitrogen and oxygen atoms in total. The minimum atomic E-state index is -1.01. The first-order valence-corrected chi connectivity index (χ1v) is 6.61. The second kappa shape index (κ2) is 5.50. The first kappa shape index (κ1) is 13.7. The third-order valence-corrected chi connectivity index (χ3v) is 3.72. The normalized spacial score (nSPS) is 12.6. The van der Waals surface area contributed by atoms with Crippen LogP contribution in [0, 0.1) is 0 Å². The molecule has 0 fully saturated rings. The van der Waals surface area contributed by atoms with E-state index in [9.17, 15) is 9.90 Å². The molecule has 0 aliphatic heterocycles. The van der Waals surface area contributed by atoms with Gasteiger partial charge in [-0.25, -0.2) is 14.8 Å². The number of aromatic carboxylic acids is 1. The van der Waals surface area contributed by atoms with Crippen molar-refractivity contribution in [3.05, 3.63) is 17.3 Å². The highest BCUT2D eigenvalue weighted by molar-refractivity contribution is 7.16. The van der Waals surface area contributed by atoms with Crippen LogP contribution in [-0.4, -0.2) is 47.8 Å². The Labute approximate surface area is 114 Å². The van der Waals surface area contributed by atoms with E-state index in [4.69, 9.17) is 4.74 Å². The lowest BCUT2D eigenvalue weighted by Crippen LogP contribution is -2.34. The van der Waals surface area contributed by atoms with Gasteiger partial charge in [0.25, 0.3) is 0 Å². The smallest absolute Gasteiger partial charge is 0.339 e. The number of rotatable bonds is 5. The summed E-state index contributed by atoms with van der Waals surface area (Å²) in [5.41, 5.74) is 3.03. The Morgan fingerprint density at radius 3 is 2.95 bits per heavy atom. The van der Waals surface area contributed by atoms with Gasteiger partial charge in [-0.1, -0.05) is 0 Å². The number of carboxylic acid groups (broad SMARTS) is 1. The van der Waals surface area contributed by atoms with Crippen LogP contribution in [0.2, 0.25) is 0 Å². The van der Waals surface area contributed by atoms with Crippen LogP contribution in [0.25, 0.3) is 10.3 Å². The molecule has 0 radical (unpaired) electrons. The lowest BCUT2D eigenvalue weighted by molar-refractivity contribution is 0.0697. The van der Waals surface area contributed by atoms with Gasteiger partial charge in [0.1, 0.15) is 15.9 Å². The maximum atomic E-state index is 11.3. The van der Waals surface area contributed by atoms with Gasteiger partial charge < -0.3 is 14.7 Å². The standard InChI is InChI=1S/C12H15N3O3S/c1-7(5-18-3)15(2)10-8(12(16)17)4-13-11-9(10)14-6-19-11/h4,6-7H,5H2,1-3H3,(H,16,17). The van der Waals surface area contributed by atoms with E-state index < -0.39 is 5.97 Å². The Hall–Kier alpha value is -1.73. The zero-order valence-electron chi connectivity index (χ0n) is 11.0. The maximum absolute atomic E-state index is 11.3. The topological polar surface area (TPSA) is 75.5 Å². The summed E-state index contributed by atoms with van der Waals surface area (Å²) in [4.78, 5) is 22.3. The molecule has 2 aromatic rings. The van der Waals surface area contributed by atoms with E-state index in [0.717, 1.165) is 4.83 Å². The third kappa shape index (κ3) is 2.52. The molecule has 1 unspecified atom stereocenters. The maximum Gasteiger partial charge on any atom is 0.339 e. The number of fused-ring (bicyclic) bond motifs is 1. The number of carboxylic acids is 1. The Morgan fingerprint density at radius 2 is 2.32 bits per heavy atom. The summed E-state index contributed by atoms with van der Waals surface area (Å²) < 4.78 is 5.12. The molecule has 0 bridgehead atoms. The number of nitrogens with zero attached hydrogens (tertiary/aromatic N) is 3. The Balaban J connectivity index is 2.57. The molecule has 2 aromatic heterocycles. The minimum absolute atomic E-state index is 0.0374. The molecule has 0 saturated heterocycles. The van der Waals surface area contributed by atoms with Gasteiger partial charge in [0.15, 0.2) is 0 Å². The first-order valence-electron chi connectivity index (χ1n) is 5.73. The van der Waals surface area contributed by atoms with Crippen molar-refractivity contribution in [2.75, 3.05) is 25.7 Å². The van der Waals surface area contributed by atoms with Crippen LogP contribution < -0.4 is 4.90 Å². The van der Waals surface area contributed by atoms with E-state index in [0.29, 0.717) is 17.8 Å². The summed E-state index contributed by atoms with van der Waals surface area (Å²) in [5, 5.41) is 9.30. The van der Waals surface area contributed by atoms with Gasteiger partial charge >= 0.3 is 5.97 Å². The van der Waals surface area contributed by atoms with Crippen LogP contribution in [0.1, 0.15) is 17.3 Å². The molecular formula is C12H15N3O3S. The Kier molecular flexibility index (Phi) is 3.96. The van der Waals surface area contributed by atoms with Crippen LogP contribution in [0.4, 0.5) is 5.69 Å². The predicted octanol–water partition coefficient (Wildman–Crippen LogP) is 1.86. The van der Waals surface area contributed by atoms with Gasteiger partial charge in [-0.15, -0.1) is 11.3 Å².